The fourth-order valence-electron chi connectivity index (χ4n) is 1.40. The van der Waals surface area contributed by atoms with E-state index in [4.69, 9.17) is 9.26 Å². The van der Waals surface area contributed by atoms with Crippen molar-refractivity contribution >= 4 is 23.1 Å². The van der Waals surface area contributed by atoms with Gasteiger partial charge in [0.2, 0.25) is 5.91 Å². The van der Waals surface area contributed by atoms with Gasteiger partial charge in [-0.15, -0.1) is 11.3 Å². The summed E-state index contributed by atoms with van der Waals surface area (Å²) in [6.45, 7) is 2.23. The number of anilines is 1. The molecule has 1 N–H and O–H groups in total. The molecule has 0 aliphatic rings. The van der Waals surface area contributed by atoms with Gasteiger partial charge < -0.3 is 14.6 Å². The molecule has 18 heavy (non-hydrogen) atoms. The number of ether oxygens (including phenoxy) is 1. The van der Waals surface area contributed by atoms with Crippen LogP contribution in [0.3, 0.4) is 0 Å². The molecular formula is C11H13N3O3S. The van der Waals surface area contributed by atoms with Gasteiger partial charge in [-0.2, -0.15) is 0 Å². The van der Waals surface area contributed by atoms with Crippen LogP contribution in [0.5, 0.6) is 0 Å². The third-order valence-corrected chi connectivity index (χ3v) is 2.98. The van der Waals surface area contributed by atoms with Gasteiger partial charge >= 0.3 is 0 Å². The largest absolute Gasteiger partial charge is 0.378 e. The number of thiazole rings is 1. The van der Waals surface area contributed by atoms with Crippen molar-refractivity contribution in [2.45, 2.75) is 20.0 Å². The molecular weight excluding hydrogens is 254 g/mol. The number of carbonyl (C=O) groups is 1. The van der Waals surface area contributed by atoms with Crippen molar-refractivity contribution in [3.63, 3.8) is 0 Å². The average molecular weight is 267 g/mol. The molecule has 0 aliphatic heterocycles. The second kappa shape index (κ2) is 5.74. The molecule has 2 aromatic rings. The molecule has 0 bridgehead atoms. The topological polar surface area (TPSA) is 77.2 Å². The van der Waals surface area contributed by atoms with E-state index in [9.17, 15) is 4.79 Å². The highest BCUT2D eigenvalue weighted by atomic mass is 32.1. The second-order valence-corrected chi connectivity index (χ2v) is 4.66. The number of carbonyl (C=O) groups excluding carboxylic acids is 1. The Morgan fingerprint density at radius 3 is 3.11 bits per heavy atom. The summed E-state index contributed by atoms with van der Waals surface area (Å²) < 4.78 is 9.83. The second-order valence-electron chi connectivity index (χ2n) is 3.71. The molecule has 2 aromatic heterocycles. The Balaban J connectivity index is 1.90. The summed E-state index contributed by atoms with van der Waals surface area (Å²) in [5.41, 5.74) is 0.727. The first-order valence-corrected chi connectivity index (χ1v) is 6.20. The van der Waals surface area contributed by atoms with Crippen LogP contribution >= 0.6 is 11.3 Å². The fourth-order valence-corrected chi connectivity index (χ4v) is 2.16. The molecule has 0 spiro atoms. The van der Waals surface area contributed by atoms with Crippen LogP contribution in [0.4, 0.5) is 5.82 Å². The van der Waals surface area contributed by atoms with E-state index in [1.54, 1.807) is 20.1 Å². The van der Waals surface area contributed by atoms with Crippen molar-refractivity contribution in [1.29, 1.82) is 0 Å². The van der Waals surface area contributed by atoms with Crippen LogP contribution in [0.2, 0.25) is 0 Å². The predicted molar refractivity (Wildman–Crippen MR) is 66.4 cm³/mol. The van der Waals surface area contributed by atoms with Crippen LogP contribution in [0.15, 0.2) is 16.0 Å². The van der Waals surface area contributed by atoms with E-state index in [0.717, 1.165) is 10.7 Å². The third-order valence-electron chi connectivity index (χ3n) is 2.10. The highest BCUT2D eigenvalue weighted by molar-refractivity contribution is 7.09. The zero-order chi connectivity index (χ0) is 13.0. The highest BCUT2D eigenvalue weighted by Crippen LogP contribution is 2.12. The standard InChI is InChI=1S/C11H13N3O3S/c1-7-3-9(14-17-7)13-10(15)4-8-6-18-11(12-8)5-16-2/h3,6H,4-5H2,1-2H3,(H,13,14,15). The minimum atomic E-state index is -0.169. The summed E-state index contributed by atoms with van der Waals surface area (Å²) >= 11 is 1.48. The molecule has 7 heteroatoms. The van der Waals surface area contributed by atoms with Gasteiger partial charge in [0, 0.05) is 18.6 Å². The number of methoxy groups -OCH3 is 1. The summed E-state index contributed by atoms with van der Waals surface area (Å²) in [5.74, 6) is 0.906. The van der Waals surface area contributed by atoms with Crippen LogP contribution in [-0.2, 0) is 22.6 Å². The zero-order valence-corrected chi connectivity index (χ0v) is 10.9. The number of aromatic nitrogens is 2. The van der Waals surface area contributed by atoms with Crippen molar-refractivity contribution in [2.24, 2.45) is 0 Å². The molecule has 0 saturated carbocycles. The highest BCUT2D eigenvalue weighted by Gasteiger charge is 2.10. The summed E-state index contributed by atoms with van der Waals surface area (Å²) in [7, 11) is 1.61. The van der Waals surface area contributed by atoms with Gasteiger partial charge in [0.15, 0.2) is 5.82 Å². The van der Waals surface area contributed by atoms with Crippen molar-refractivity contribution in [2.75, 3.05) is 12.4 Å². The molecule has 1 amide bonds. The van der Waals surface area contributed by atoms with E-state index in [1.165, 1.54) is 11.3 Å². The maximum absolute atomic E-state index is 11.7. The lowest BCUT2D eigenvalue weighted by atomic mass is 10.3. The van der Waals surface area contributed by atoms with Crippen LogP contribution in [0.25, 0.3) is 0 Å². The van der Waals surface area contributed by atoms with E-state index >= 15 is 0 Å². The summed E-state index contributed by atoms with van der Waals surface area (Å²) in [4.78, 5) is 16.0. The van der Waals surface area contributed by atoms with Crippen LogP contribution in [-0.4, -0.2) is 23.2 Å². The number of rotatable bonds is 5. The maximum atomic E-state index is 11.7. The molecule has 0 aliphatic carbocycles. The van der Waals surface area contributed by atoms with E-state index in [0.29, 0.717) is 18.2 Å². The molecule has 96 valence electrons. The zero-order valence-electron chi connectivity index (χ0n) is 10.1. The molecule has 0 saturated heterocycles. The Bertz CT molecular complexity index is 535. The van der Waals surface area contributed by atoms with Crippen LogP contribution in [0, 0.1) is 6.92 Å². The number of hydrogen-bond donors (Lipinski definition) is 1. The van der Waals surface area contributed by atoms with Gasteiger partial charge in [-0.05, 0) is 6.92 Å². The minimum Gasteiger partial charge on any atom is -0.378 e. The number of aryl methyl sites for hydroxylation is 1. The lowest BCUT2D eigenvalue weighted by Crippen LogP contribution is -2.14. The van der Waals surface area contributed by atoms with E-state index in [1.807, 2.05) is 5.38 Å². The van der Waals surface area contributed by atoms with Gasteiger partial charge in [-0.25, -0.2) is 4.98 Å². The lowest BCUT2D eigenvalue weighted by molar-refractivity contribution is -0.115. The monoisotopic (exact) mass is 267 g/mol. The van der Waals surface area contributed by atoms with Crippen molar-refractivity contribution in [3.05, 3.63) is 27.9 Å². The Morgan fingerprint density at radius 2 is 2.44 bits per heavy atom. The normalized spacial score (nSPS) is 10.6. The van der Waals surface area contributed by atoms with Crippen molar-refractivity contribution < 1.29 is 14.1 Å². The fraction of sp³-hybridized carbons (Fsp3) is 0.364. The number of nitrogens with one attached hydrogen (secondary N) is 1. The lowest BCUT2D eigenvalue weighted by Gasteiger charge is -1.98. The van der Waals surface area contributed by atoms with E-state index in [-0.39, 0.29) is 12.3 Å². The maximum Gasteiger partial charge on any atom is 0.231 e. The van der Waals surface area contributed by atoms with Crippen molar-refractivity contribution in [1.82, 2.24) is 10.1 Å². The Hall–Kier alpha value is -1.73. The summed E-state index contributed by atoms with van der Waals surface area (Å²) in [6, 6.07) is 1.66. The number of amides is 1. The van der Waals surface area contributed by atoms with Gasteiger partial charge in [0.25, 0.3) is 0 Å². The Labute approximate surface area is 108 Å². The number of nitrogens with zero attached hydrogens (tertiary/aromatic N) is 2. The number of hydrogen-bond acceptors (Lipinski definition) is 6. The molecule has 0 unspecified atom stereocenters. The third kappa shape index (κ3) is 3.38. The molecule has 0 radical (unpaired) electrons. The smallest absolute Gasteiger partial charge is 0.231 e. The van der Waals surface area contributed by atoms with Crippen molar-refractivity contribution in [3.8, 4) is 0 Å². The summed E-state index contributed by atoms with van der Waals surface area (Å²) in [6.07, 6.45) is 0.214. The molecule has 0 atom stereocenters. The van der Waals surface area contributed by atoms with Gasteiger partial charge in [0.05, 0.1) is 18.7 Å². The predicted octanol–water partition coefficient (Wildman–Crippen LogP) is 1.77. The first-order chi connectivity index (χ1) is 8.67. The SMILES string of the molecule is COCc1nc(CC(=O)Nc2cc(C)on2)cs1. The first-order valence-electron chi connectivity index (χ1n) is 5.33. The van der Waals surface area contributed by atoms with E-state index in [2.05, 4.69) is 15.5 Å². The van der Waals surface area contributed by atoms with Gasteiger partial charge in [-0.1, -0.05) is 5.16 Å². The molecule has 0 aromatic carbocycles. The quantitative estimate of drug-likeness (QED) is 0.893. The Kier molecular flexibility index (Phi) is 4.06. The molecule has 2 heterocycles. The average Bonchev–Trinajstić information content (AvgIpc) is 2.89. The first kappa shape index (κ1) is 12.7. The summed E-state index contributed by atoms with van der Waals surface area (Å²) in [5, 5.41) is 9.04. The minimum absolute atomic E-state index is 0.169. The van der Waals surface area contributed by atoms with Gasteiger partial charge in [0.1, 0.15) is 10.8 Å². The van der Waals surface area contributed by atoms with E-state index < -0.39 is 0 Å². The Morgan fingerprint density at radius 1 is 1.61 bits per heavy atom. The molecule has 6 nitrogen and oxygen atoms in total. The molecule has 2 rings (SSSR count). The molecule has 0 fully saturated rings. The van der Waals surface area contributed by atoms with Gasteiger partial charge in [-0.3, -0.25) is 4.79 Å². The van der Waals surface area contributed by atoms with Crippen LogP contribution in [0.1, 0.15) is 16.5 Å². The van der Waals surface area contributed by atoms with Crippen LogP contribution < -0.4 is 5.32 Å².